The van der Waals surface area contributed by atoms with Gasteiger partial charge in [-0.3, -0.25) is 9.48 Å². The first kappa shape index (κ1) is 22.0. The quantitative estimate of drug-likeness (QED) is 0.451. The maximum atomic E-state index is 13.3. The molecule has 2 aliphatic heterocycles. The summed E-state index contributed by atoms with van der Waals surface area (Å²) in [5, 5.41) is 12.3. The molecule has 2 unspecified atom stereocenters. The largest absolute Gasteiger partial charge is 0.434 e. The number of hydrogen-bond acceptors (Lipinski definition) is 5. The minimum absolute atomic E-state index is 0.0428. The number of rotatable bonds is 4. The summed E-state index contributed by atoms with van der Waals surface area (Å²) in [6.07, 6.45) is 7.54. The predicted molar refractivity (Wildman–Crippen MR) is 133 cm³/mol. The Balaban J connectivity index is 1.29. The van der Waals surface area contributed by atoms with Gasteiger partial charge in [0.05, 0.1) is 17.3 Å². The Kier molecular flexibility index (Phi) is 4.85. The lowest BCUT2D eigenvalue weighted by Gasteiger charge is -2.26. The predicted octanol–water partition coefficient (Wildman–Crippen LogP) is 4.28. The van der Waals surface area contributed by atoms with Gasteiger partial charge in [0, 0.05) is 61.2 Å². The summed E-state index contributed by atoms with van der Waals surface area (Å²) in [7, 11) is 1.91. The Hall–Kier alpha value is -4.21. The van der Waals surface area contributed by atoms with Crippen molar-refractivity contribution >= 4 is 22.8 Å². The number of nitrogens with one attached hydrogen (secondary N) is 1. The number of aryl methyl sites for hydroxylation is 1. The molecular weight excluding hydrogens is 478 g/mol. The van der Waals surface area contributed by atoms with Crippen LogP contribution in [-0.2, 0) is 7.05 Å². The van der Waals surface area contributed by atoms with Crippen molar-refractivity contribution in [2.75, 3.05) is 18.0 Å². The van der Waals surface area contributed by atoms with Crippen LogP contribution in [0.3, 0.4) is 0 Å². The zero-order valence-electron chi connectivity index (χ0n) is 20.1. The molecule has 3 aliphatic rings. The maximum absolute atomic E-state index is 13.3. The van der Waals surface area contributed by atoms with Gasteiger partial charge in [-0.2, -0.15) is 19.0 Å². The molecule has 5 heterocycles. The monoisotopic (exact) mass is 502 g/mol. The van der Waals surface area contributed by atoms with Crippen LogP contribution in [0.1, 0.15) is 57.5 Å². The lowest BCUT2D eigenvalue weighted by atomic mass is 9.88. The summed E-state index contributed by atoms with van der Waals surface area (Å²) < 4.78 is 35.0. The van der Waals surface area contributed by atoms with Gasteiger partial charge in [-0.1, -0.05) is 12.1 Å². The average Bonchev–Trinajstić information content (AvgIpc) is 3.55. The molecule has 188 valence electrons. The molecule has 7 rings (SSSR count). The van der Waals surface area contributed by atoms with Crippen molar-refractivity contribution in [3.05, 3.63) is 82.8 Å². The van der Waals surface area contributed by atoms with Crippen molar-refractivity contribution < 1.29 is 18.3 Å². The van der Waals surface area contributed by atoms with Crippen LogP contribution >= 0.6 is 0 Å². The van der Waals surface area contributed by atoms with Crippen molar-refractivity contribution in [3.63, 3.8) is 0 Å². The fourth-order valence-electron chi connectivity index (χ4n) is 6.00. The first-order valence-corrected chi connectivity index (χ1v) is 12.3. The molecule has 10 heteroatoms. The highest BCUT2D eigenvalue weighted by Crippen LogP contribution is 2.51. The van der Waals surface area contributed by atoms with Gasteiger partial charge in [-0.15, -0.1) is 0 Å². The maximum Gasteiger partial charge on any atom is 0.387 e. The van der Waals surface area contributed by atoms with E-state index in [4.69, 9.17) is 9.84 Å². The van der Waals surface area contributed by atoms with Crippen LogP contribution in [-0.4, -0.2) is 45.0 Å². The van der Waals surface area contributed by atoms with Crippen molar-refractivity contribution in [1.82, 2.24) is 24.7 Å². The summed E-state index contributed by atoms with van der Waals surface area (Å²) in [4.78, 5) is 15.2. The third kappa shape index (κ3) is 3.50. The molecule has 1 N–H and O–H groups in total. The average molecular weight is 503 g/mol. The van der Waals surface area contributed by atoms with Gasteiger partial charge in [0.25, 0.3) is 5.91 Å². The van der Waals surface area contributed by atoms with Gasteiger partial charge >= 0.3 is 6.61 Å². The van der Waals surface area contributed by atoms with Gasteiger partial charge in [0.2, 0.25) is 0 Å². The number of carbonyl (C=O) groups is 1. The zero-order valence-corrected chi connectivity index (χ0v) is 20.1. The zero-order chi connectivity index (χ0) is 25.3. The molecule has 1 aromatic carbocycles. The minimum atomic E-state index is -2.98. The van der Waals surface area contributed by atoms with Crippen LogP contribution in [0, 0.1) is 0 Å². The van der Waals surface area contributed by atoms with Crippen molar-refractivity contribution in [1.29, 1.82) is 0 Å². The Morgan fingerprint density at radius 1 is 1.14 bits per heavy atom. The van der Waals surface area contributed by atoms with Crippen LogP contribution in [0.15, 0.2) is 54.9 Å². The van der Waals surface area contributed by atoms with E-state index in [0.29, 0.717) is 17.5 Å². The normalized spacial score (nSPS) is 20.5. The Morgan fingerprint density at radius 2 is 2.03 bits per heavy atom. The summed E-state index contributed by atoms with van der Waals surface area (Å²) in [5.41, 5.74) is 5.90. The minimum Gasteiger partial charge on any atom is -0.434 e. The van der Waals surface area contributed by atoms with E-state index >= 15 is 0 Å². The Morgan fingerprint density at radius 3 is 2.78 bits per heavy atom. The van der Waals surface area contributed by atoms with Gasteiger partial charge < -0.3 is 15.0 Å². The first-order valence-electron chi connectivity index (χ1n) is 12.3. The van der Waals surface area contributed by atoms with Crippen LogP contribution < -0.4 is 15.0 Å². The molecule has 0 fully saturated rings. The van der Waals surface area contributed by atoms with Crippen molar-refractivity contribution in [2.45, 2.75) is 31.4 Å². The number of aromatic nitrogens is 4. The number of carbonyl (C=O) groups excluding carboxylic acids is 1. The molecule has 8 nitrogen and oxygen atoms in total. The second kappa shape index (κ2) is 8.16. The van der Waals surface area contributed by atoms with E-state index in [1.165, 1.54) is 11.6 Å². The lowest BCUT2D eigenvalue weighted by molar-refractivity contribution is -0.0505. The SMILES string of the molecule is Cn1ccc(N2CC=C(c3ccn4nc5c(c4c3)C3CC5NC(=O)c4cccc(OC(F)F)c43)CC2)n1. The fraction of sp³-hybridized carbons (Fsp3) is 0.296. The molecule has 3 aromatic heterocycles. The third-order valence-electron chi connectivity index (χ3n) is 7.64. The second-order valence-electron chi connectivity index (χ2n) is 9.73. The number of pyridine rings is 1. The van der Waals surface area contributed by atoms with E-state index < -0.39 is 6.61 Å². The number of halogens is 2. The molecule has 0 saturated heterocycles. The topological polar surface area (TPSA) is 76.7 Å². The molecule has 2 atom stereocenters. The molecule has 0 spiro atoms. The molecule has 37 heavy (non-hydrogen) atoms. The standard InChI is InChI=1S/C27H24F2N6O2/c1-33-9-8-22(31-33)34-10-5-15(6-11-34)16-7-12-35-20(13-16)24-18-14-19(25(24)32-35)30-26(36)17-3-2-4-21(23(17)18)37-27(28)29/h2-5,7-9,12-13,18-19,27H,6,10-11,14H2,1H3,(H,30,36). The van der Waals surface area contributed by atoms with Crippen molar-refractivity contribution in [3.8, 4) is 5.75 Å². The van der Waals surface area contributed by atoms with E-state index in [-0.39, 0.29) is 23.6 Å². The van der Waals surface area contributed by atoms with Gasteiger partial charge in [-0.05, 0) is 48.2 Å². The second-order valence-corrected chi connectivity index (χ2v) is 9.73. The Labute approximate surface area is 211 Å². The molecule has 1 aliphatic carbocycles. The van der Waals surface area contributed by atoms with Crippen LogP contribution in [0.25, 0.3) is 11.1 Å². The van der Waals surface area contributed by atoms with Crippen LogP contribution in [0.5, 0.6) is 5.75 Å². The van der Waals surface area contributed by atoms with E-state index in [9.17, 15) is 13.6 Å². The molecule has 2 bridgehead atoms. The molecule has 1 amide bonds. The van der Waals surface area contributed by atoms with Crippen LogP contribution in [0.4, 0.5) is 14.6 Å². The highest BCUT2D eigenvalue weighted by Gasteiger charge is 2.43. The Bertz CT molecular complexity index is 1590. The summed E-state index contributed by atoms with van der Waals surface area (Å²) in [6, 6.07) is 10.7. The number of ether oxygens (including phenoxy) is 1. The molecule has 0 radical (unpaired) electrons. The van der Waals surface area contributed by atoms with E-state index in [0.717, 1.165) is 47.7 Å². The van der Waals surface area contributed by atoms with E-state index in [2.05, 4.69) is 33.5 Å². The highest BCUT2D eigenvalue weighted by atomic mass is 19.3. The summed E-state index contributed by atoms with van der Waals surface area (Å²) in [5.74, 6) is 0.432. The number of fused-ring (bicyclic) bond motifs is 9. The number of hydrogen-bond donors (Lipinski definition) is 1. The van der Waals surface area contributed by atoms with E-state index in [1.807, 2.05) is 30.0 Å². The number of amides is 1. The molecular formula is C27H24F2N6O2. The smallest absolute Gasteiger partial charge is 0.387 e. The van der Waals surface area contributed by atoms with E-state index in [1.54, 1.807) is 16.8 Å². The molecule has 0 saturated carbocycles. The van der Waals surface area contributed by atoms with Gasteiger partial charge in [0.15, 0.2) is 5.82 Å². The highest BCUT2D eigenvalue weighted by molar-refractivity contribution is 5.98. The molecule has 4 aromatic rings. The summed E-state index contributed by atoms with van der Waals surface area (Å²) >= 11 is 0. The third-order valence-corrected chi connectivity index (χ3v) is 7.64. The number of nitrogens with zero attached hydrogens (tertiary/aromatic N) is 5. The number of anilines is 1. The summed E-state index contributed by atoms with van der Waals surface area (Å²) in [6.45, 7) is -1.34. The van der Waals surface area contributed by atoms with Crippen LogP contribution in [0.2, 0.25) is 0 Å². The van der Waals surface area contributed by atoms with Crippen molar-refractivity contribution in [2.24, 2.45) is 7.05 Å². The van der Waals surface area contributed by atoms with Gasteiger partial charge in [0.1, 0.15) is 5.75 Å². The number of benzene rings is 1. The number of alkyl halides is 2. The van der Waals surface area contributed by atoms with Gasteiger partial charge in [-0.25, -0.2) is 4.52 Å². The fourth-order valence-corrected chi connectivity index (χ4v) is 6.00. The first-order chi connectivity index (χ1) is 18.0. The lowest BCUT2D eigenvalue weighted by Crippen LogP contribution is -2.28.